The summed E-state index contributed by atoms with van der Waals surface area (Å²) in [5.74, 6) is 0. The predicted molar refractivity (Wildman–Crippen MR) is 87.4 cm³/mol. The van der Waals surface area contributed by atoms with E-state index in [-0.39, 0.29) is 0 Å². The van der Waals surface area contributed by atoms with E-state index in [1.807, 2.05) is 42.6 Å². The summed E-state index contributed by atoms with van der Waals surface area (Å²) in [6.45, 7) is 1.98. The lowest BCUT2D eigenvalue weighted by molar-refractivity contribution is 0.177. The molecule has 21 heavy (non-hydrogen) atoms. The molecule has 1 unspecified atom stereocenters. The van der Waals surface area contributed by atoms with Crippen molar-refractivity contribution in [2.45, 2.75) is 19.4 Å². The van der Waals surface area contributed by atoms with E-state index in [9.17, 15) is 5.11 Å². The van der Waals surface area contributed by atoms with Crippen molar-refractivity contribution in [2.75, 3.05) is 0 Å². The molecule has 0 amide bonds. The Hall–Kier alpha value is -1.97. The number of aliphatic hydroxyl groups is 1. The summed E-state index contributed by atoms with van der Waals surface area (Å²) in [7, 11) is 0. The van der Waals surface area contributed by atoms with Gasteiger partial charge in [-0.2, -0.15) is 0 Å². The van der Waals surface area contributed by atoms with E-state index in [1.165, 1.54) is 5.56 Å². The zero-order chi connectivity index (χ0) is 14.7. The van der Waals surface area contributed by atoms with Crippen LogP contribution in [0.3, 0.4) is 0 Å². The second-order valence-corrected chi connectivity index (χ2v) is 6.13. The molecule has 0 aliphatic carbocycles. The summed E-state index contributed by atoms with van der Waals surface area (Å²) < 4.78 is 0. The summed E-state index contributed by atoms with van der Waals surface area (Å²) in [4.78, 5) is 4.40. The van der Waals surface area contributed by atoms with Gasteiger partial charge in [-0.1, -0.05) is 54.6 Å². The van der Waals surface area contributed by atoms with Crippen LogP contribution >= 0.6 is 11.3 Å². The number of hydrogen-bond donors (Lipinski definition) is 1. The van der Waals surface area contributed by atoms with Crippen LogP contribution in [0.25, 0.3) is 11.1 Å². The maximum absolute atomic E-state index is 10.3. The van der Waals surface area contributed by atoms with Gasteiger partial charge in [-0.15, -0.1) is 11.3 Å². The van der Waals surface area contributed by atoms with Crippen LogP contribution in [0.5, 0.6) is 0 Å². The van der Waals surface area contributed by atoms with Crippen LogP contribution in [-0.2, 0) is 6.42 Å². The smallest absolute Gasteiger partial charge is 0.0897 e. The molecule has 1 heterocycles. The first-order valence-electron chi connectivity index (χ1n) is 6.97. The van der Waals surface area contributed by atoms with Gasteiger partial charge < -0.3 is 5.11 Å². The van der Waals surface area contributed by atoms with Gasteiger partial charge in [0.2, 0.25) is 0 Å². The molecule has 0 spiro atoms. The number of aromatic nitrogens is 1. The molecule has 0 saturated heterocycles. The van der Waals surface area contributed by atoms with Crippen molar-refractivity contribution in [2.24, 2.45) is 0 Å². The number of aryl methyl sites for hydroxylation is 1. The highest BCUT2D eigenvalue weighted by molar-refractivity contribution is 7.09. The fourth-order valence-corrected chi connectivity index (χ4v) is 2.97. The van der Waals surface area contributed by atoms with Crippen molar-refractivity contribution in [1.82, 2.24) is 4.98 Å². The lowest BCUT2D eigenvalue weighted by atomic mass is 10.0. The minimum Gasteiger partial charge on any atom is -0.388 e. The van der Waals surface area contributed by atoms with Gasteiger partial charge in [0.1, 0.15) is 0 Å². The van der Waals surface area contributed by atoms with Crippen LogP contribution in [0.4, 0.5) is 0 Å². The molecular formula is C18H17NOS. The topological polar surface area (TPSA) is 33.1 Å². The molecule has 0 aliphatic rings. The van der Waals surface area contributed by atoms with E-state index in [4.69, 9.17) is 0 Å². The Morgan fingerprint density at radius 1 is 1.00 bits per heavy atom. The summed E-state index contributed by atoms with van der Waals surface area (Å²) in [6.07, 6.45) is 0.0611. The molecule has 0 aliphatic heterocycles. The van der Waals surface area contributed by atoms with E-state index in [0.717, 1.165) is 21.8 Å². The molecule has 1 N–H and O–H groups in total. The van der Waals surface area contributed by atoms with Gasteiger partial charge in [-0.3, -0.25) is 0 Å². The fourth-order valence-electron chi connectivity index (χ4n) is 2.35. The van der Waals surface area contributed by atoms with E-state index in [0.29, 0.717) is 6.42 Å². The standard InChI is InChI=1S/C18H17NOS/c1-13-19-17(12-21-13)11-18(20)16-9-7-15(8-10-16)14-5-3-2-4-6-14/h2-10,12,18,20H,11H2,1H3. The first-order chi connectivity index (χ1) is 10.2. The third kappa shape index (κ3) is 3.38. The second-order valence-electron chi connectivity index (χ2n) is 5.07. The number of rotatable bonds is 4. The molecule has 1 atom stereocenters. The third-order valence-electron chi connectivity index (χ3n) is 3.47. The Morgan fingerprint density at radius 3 is 2.29 bits per heavy atom. The minimum absolute atomic E-state index is 0.503. The largest absolute Gasteiger partial charge is 0.388 e. The number of benzene rings is 2. The van der Waals surface area contributed by atoms with Crippen molar-refractivity contribution in [3.05, 3.63) is 76.2 Å². The van der Waals surface area contributed by atoms with Crippen molar-refractivity contribution in [3.8, 4) is 11.1 Å². The molecule has 2 aromatic carbocycles. The van der Waals surface area contributed by atoms with Crippen LogP contribution in [0.2, 0.25) is 0 Å². The molecule has 1 aromatic heterocycles. The zero-order valence-electron chi connectivity index (χ0n) is 11.9. The highest BCUT2D eigenvalue weighted by Gasteiger charge is 2.10. The minimum atomic E-state index is -0.503. The molecule has 106 valence electrons. The van der Waals surface area contributed by atoms with E-state index >= 15 is 0 Å². The fraction of sp³-hybridized carbons (Fsp3) is 0.167. The second kappa shape index (κ2) is 6.20. The first-order valence-corrected chi connectivity index (χ1v) is 7.85. The van der Waals surface area contributed by atoms with Crippen molar-refractivity contribution >= 4 is 11.3 Å². The molecule has 3 aromatic rings. The maximum atomic E-state index is 10.3. The number of hydrogen-bond acceptors (Lipinski definition) is 3. The van der Waals surface area contributed by atoms with Gasteiger partial charge in [0.15, 0.2) is 0 Å². The molecule has 0 radical (unpaired) electrons. The van der Waals surface area contributed by atoms with Crippen molar-refractivity contribution < 1.29 is 5.11 Å². The van der Waals surface area contributed by atoms with Crippen LogP contribution in [0, 0.1) is 6.92 Å². The molecule has 2 nitrogen and oxygen atoms in total. The average molecular weight is 295 g/mol. The zero-order valence-corrected chi connectivity index (χ0v) is 12.7. The summed E-state index contributed by atoms with van der Waals surface area (Å²) in [5.41, 5.74) is 4.24. The molecule has 3 rings (SSSR count). The number of thiazole rings is 1. The molecular weight excluding hydrogens is 278 g/mol. The van der Waals surface area contributed by atoms with Crippen molar-refractivity contribution in [1.29, 1.82) is 0 Å². The lowest BCUT2D eigenvalue weighted by Gasteiger charge is -2.10. The number of nitrogens with zero attached hydrogens (tertiary/aromatic N) is 1. The molecule has 0 saturated carbocycles. The monoisotopic (exact) mass is 295 g/mol. The van der Waals surface area contributed by atoms with Gasteiger partial charge in [0.25, 0.3) is 0 Å². The van der Waals surface area contributed by atoms with Gasteiger partial charge in [-0.05, 0) is 23.6 Å². The van der Waals surface area contributed by atoms with Crippen LogP contribution in [0.1, 0.15) is 22.4 Å². The summed E-state index contributed by atoms with van der Waals surface area (Å²) >= 11 is 1.62. The SMILES string of the molecule is Cc1nc(CC(O)c2ccc(-c3ccccc3)cc2)cs1. The normalized spacial score (nSPS) is 12.3. The summed E-state index contributed by atoms with van der Waals surface area (Å²) in [6, 6.07) is 18.3. The van der Waals surface area contributed by atoms with Gasteiger partial charge in [-0.25, -0.2) is 4.98 Å². The van der Waals surface area contributed by atoms with Crippen LogP contribution in [-0.4, -0.2) is 10.1 Å². The highest BCUT2D eigenvalue weighted by Crippen LogP contribution is 2.24. The summed E-state index contributed by atoms with van der Waals surface area (Å²) in [5, 5.41) is 13.4. The van der Waals surface area contributed by atoms with E-state index in [2.05, 4.69) is 29.2 Å². The Bertz CT molecular complexity index is 704. The average Bonchev–Trinajstić information content (AvgIpc) is 2.93. The number of aliphatic hydroxyl groups excluding tert-OH is 1. The van der Waals surface area contributed by atoms with Crippen LogP contribution < -0.4 is 0 Å². The van der Waals surface area contributed by atoms with Gasteiger partial charge in [0.05, 0.1) is 16.8 Å². The van der Waals surface area contributed by atoms with E-state index < -0.39 is 6.10 Å². The Labute approximate surface area is 128 Å². The lowest BCUT2D eigenvalue weighted by Crippen LogP contribution is -2.02. The maximum Gasteiger partial charge on any atom is 0.0897 e. The molecule has 0 bridgehead atoms. The Kier molecular flexibility index (Phi) is 4.13. The van der Waals surface area contributed by atoms with Gasteiger partial charge in [0, 0.05) is 11.8 Å². The highest BCUT2D eigenvalue weighted by atomic mass is 32.1. The third-order valence-corrected chi connectivity index (χ3v) is 4.29. The van der Waals surface area contributed by atoms with Crippen LogP contribution in [0.15, 0.2) is 60.0 Å². The van der Waals surface area contributed by atoms with Crippen molar-refractivity contribution in [3.63, 3.8) is 0 Å². The Morgan fingerprint density at radius 2 is 1.67 bits per heavy atom. The molecule has 3 heteroatoms. The molecule has 0 fully saturated rings. The quantitative estimate of drug-likeness (QED) is 0.774. The predicted octanol–water partition coefficient (Wildman–Crippen LogP) is 4.39. The van der Waals surface area contributed by atoms with E-state index in [1.54, 1.807) is 11.3 Å². The first kappa shape index (κ1) is 14.0. The van der Waals surface area contributed by atoms with Gasteiger partial charge >= 0.3 is 0 Å². The Balaban J connectivity index is 1.74.